The molecule has 2 aromatic heterocycles. The Hall–Kier alpha value is -3.60. The average Bonchev–Trinajstić information content (AvgIpc) is 3.11. The lowest BCUT2D eigenvalue weighted by atomic mass is 9.97. The molecule has 3 heterocycles. The molecule has 3 aromatic rings. The topological polar surface area (TPSA) is 125 Å². The van der Waals surface area contributed by atoms with Gasteiger partial charge in [-0.3, -0.25) is 9.48 Å². The highest BCUT2D eigenvalue weighted by atomic mass is 19.1. The minimum Gasteiger partial charge on any atom is -0.381 e. The number of rotatable bonds is 2. The van der Waals surface area contributed by atoms with E-state index in [1.165, 1.54) is 32.1 Å². The summed E-state index contributed by atoms with van der Waals surface area (Å²) >= 11 is 0. The van der Waals surface area contributed by atoms with Crippen LogP contribution in [0.2, 0.25) is 0 Å². The van der Waals surface area contributed by atoms with Gasteiger partial charge in [0.1, 0.15) is 22.6 Å². The number of aromatic nitrogens is 4. The van der Waals surface area contributed by atoms with Crippen LogP contribution >= 0.6 is 0 Å². The van der Waals surface area contributed by atoms with Gasteiger partial charge in [-0.15, -0.1) is 0 Å². The molecule has 0 unspecified atom stereocenters. The number of carbonyl (C=O) groups excluding carboxylic acids is 1. The SMILES string of the molecule is Cc1cn(C)nc1C=O.NC1CCCCC1.Nc1nc(C2=c3cc(F)cc(F)c3=N2)ncc1F. The third-order valence-corrected chi connectivity index (χ3v) is 5.30. The number of nitrogens with zero attached hydrogens (tertiary/aromatic N) is 5. The molecule has 0 amide bonds. The van der Waals surface area contributed by atoms with Crippen molar-refractivity contribution < 1.29 is 18.0 Å². The van der Waals surface area contributed by atoms with Crippen LogP contribution in [0, 0.1) is 24.4 Å². The highest BCUT2D eigenvalue weighted by Gasteiger charge is 2.18. The third kappa shape index (κ3) is 6.04. The summed E-state index contributed by atoms with van der Waals surface area (Å²) in [4.78, 5) is 21.3. The molecule has 0 saturated heterocycles. The van der Waals surface area contributed by atoms with Crippen molar-refractivity contribution in [3.8, 4) is 0 Å². The van der Waals surface area contributed by atoms with Gasteiger partial charge in [-0.2, -0.15) is 5.10 Å². The van der Waals surface area contributed by atoms with Crippen LogP contribution in [0.4, 0.5) is 19.0 Å². The Kier molecular flexibility index (Phi) is 8.11. The summed E-state index contributed by atoms with van der Waals surface area (Å²) in [5.74, 6) is -2.55. The van der Waals surface area contributed by atoms with E-state index in [9.17, 15) is 18.0 Å². The van der Waals surface area contributed by atoms with Crippen LogP contribution in [0.15, 0.2) is 29.5 Å². The van der Waals surface area contributed by atoms with Crippen LogP contribution in [0.1, 0.15) is 54.0 Å². The van der Waals surface area contributed by atoms with Crippen LogP contribution in [0.25, 0.3) is 5.70 Å². The van der Waals surface area contributed by atoms with Crippen molar-refractivity contribution in [2.45, 2.75) is 45.1 Å². The first-order valence-corrected chi connectivity index (χ1v) is 10.8. The Labute approximate surface area is 194 Å². The van der Waals surface area contributed by atoms with E-state index in [0.717, 1.165) is 30.2 Å². The first-order chi connectivity index (χ1) is 16.2. The van der Waals surface area contributed by atoms with E-state index in [1.807, 2.05) is 13.1 Å². The lowest BCUT2D eigenvalue weighted by molar-refractivity contribution is 0.111. The summed E-state index contributed by atoms with van der Waals surface area (Å²) in [5.41, 5.74) is 12.6. The van der Waals surface area contributed by atoms with Gasteiger partial charge < -0.3 is 11.5 Å². The molecule has 0 atom stereocenters. The lowest BCUT2D eigenvalue weighted by Gasteiger charge is -2.15. The van der Waals surface area contributed by atoms with Gasteiger partial charge in [0.25, 0.3) is 0 Å². The van der Waals surface area contributed by atoms with E-state index >= 15 is 0 Å². The van der Waals surface area contributed by atoms with Crippen LogP contribution in [0.3, 0.4) is 0 Å². The van der Waals surface area contributed by atoms with Crippen molar-refractivity contribution >= 4 is 17.8 Å². The summed E-state index contributed by atoms with van der Waals surface area (Å²) < 4.78 is 40.8. The quantitative estimate of drug-likeness (QED) is 0.549. The molecule has 1 fully saturated rings. The fourth-order valence-electron chi connectivity index (χ4n) is 3.52. The molecular weight excluding hydrogens is 447 g/mol. The van der Waals surface area contributed by atoms with E-state index in [4.69, 9.17) is 11.5 Å². The molecule has 2 aliphatic rings. The minimum absolute atomic E-state index is 0.0337. The Morgan fingerprint density at radius 1 is 1.12 bits per heavy atom. The Balaban J connectivity index is 0.000000168. The number of aldehydes is 1. The van der Waals surface area contributed by atoms with Crippen molar-refractivity contribution in [1.82, 2.24) is 19.7 Å². The molecule has 8 nitrogen and oxygen atoms in total. The third-order valence-electron chi connectivity index (χ3n) is 5.30. The average molecular weight is 474 g/mol. The van der Waals surface area contributed by atoms with Crippen LogP contribution in [0.5, 0.6) is 0 Å². The number of fused-ring (bicyclic) bond motifs is 1. The van der Waals surface area contributed by atoms with E-state index in [1.54, 1.807) is 11.7 Å². The van der Waals surface area contributed by atoms with Gasteiger partial charge in [0.15, 0.2) is 29.6 Å². The predicted octanol–water partition coefficient (Wildman–Crippen LogP) is 2.08. The van der Waals surface area contributed by atoms with Gasteiger partial charge in [-0.1, -0.05) is 19.3 Å². The number of aryl methyl sites for hydroxylation is 2. The number of nitrogens with two attached hydrogens (primary N) is 2. The number of anilines is 1. The van der Waals surface area contributed by atoms with Crippen LogP contribution < -0.4 is 22.0 Å². The summed E-state index contributed by atoms with van der Waals surface area (Å²) in [6, 6.07) is 2.39. The maximum Gasteiger partial charge on any atom is 0.183 e. The molecule has 1 aliphatic heterocycles. The minimum atomic E-state index is -0.760. The van der Waals surface area contributed by atoms with Crippen LogP contribution in [-0.4, -0.2) is 32.1 Å². The molecule has 11 heteroatoms. The fourth-order valence-corrected chi connectivity index (χ4v) is 3.52. The second-order valence-electron chi connectivity index (χ2n) is 8.06. The standard InChI is InChI=1S/C11H5F3N4.C6H8N2O.C6H13N/c12-4-1-5-8(6(13)2-4)17-9(5)11-16-3-7(14)10(15)18-11;1-5-3-8(2)7-6(5)4-9;7-6-4-2-1-3-5-6/h1-3H,(H2,15,16,18);3-4H,1-2H3;6H,1-5,7H2. The highest BCUT2D eigenvalue weighted by Crippen LogP contribution is 2.15. The summed E-state index contributed by atoms with van der Waals surface area (Å²) in [5, 5.41) is 4.17. The zero-order valence-corrected chi connectivity index (χ0v) is 18.9. The summed E-state index contributed by atoms with van der Waals surface area (Å²) in [6.45, 7) is 1.86. The van der Waals surface area contributed by atoms with Gasteiger partial charge in [0.05, 0.1) is 6.20 Å². The molecule has 0 radical (unpaired) electrons. The van der Waals surface area contributed by atoms with E-state index < -0.39 is 17.5 Å². The molecule has 0 spiro atoms. The fraction of sp³-hybridized carbons (Fsp3) is 0.348. The maximum absolute atomic E-state index is 13.3. The van der Waals surface area contributed by atoms with Gasteiger partial charge in [-0.05, 0) is 31.4 Å². The zero-order chi connectivity index (χ0) is 24.8. The summed E-state index contributed by atoms with van der Waals surface area (Å²) in [6.07, 6.45) is 10.1. The molecular formula is C23H26F3N7O. The molecule has 1 saturated carbocycles. The van der Waals surface area contributed by atoms with Gasteiger partial charge in [0.2, 0.25) is 0 Å². The molecule has 0 bridgehead atoms. The number of hydrogen-bond donors (Lipinski definition) is 2. The number of nitrogen functional groups attached to an aromatic ring is 1. The van der Waals surface area contributed by atoms with Gasteiger partial charge >= 0.3 is 0 Å². The molecule has 5 rings (SSSR count). The molecule has 1 aliphatic carbocycles. The van der Waals surface area contributed by atoms with Crippen molar-refractivity contribution in [3.05, 3.63) is 69.6 Å². The number of hydrogen-bond acceptors (Lipinski definition) is 7. The van der Waals surface area contributed by atoms with Crippen molar-refractivity contribution in [2.75, 3.05) is 5.73 Å². The Bertz CT molecular complexity index is 1300. The van der Waals surface area contributed by atoms with Crippen molar-refractivity contribution in [3.63, 3.8) is 0 Å². The molecule has 4 N–H and O–H groups in total. The highest BCUT2D eigenvalue weighted by molar-refractivity contribution is 5.73. The first kappa shape index (κ1) is 25.0. The second-order valence-corrected chi connectivity index (χ2v) is 8.06. The normalized spacial score (nSPS) is 14.5. The number of carbonyl (C=O) groups is 1. The Morgan fingerprint density at radius 3 is 2.32 bits per heavy atom. The van der Waals surface area contributed by atoms with Crippen molar-refractivity contribution in [2.24, 2.45) is 17.8 Å². The number of benzene rings is 1. The van der Waals surface area contributed by atoms with Gasteiger partial charge in [0, 0.05) is 30.6 Å². The summed E-state index contributed by atoms with van der Waals surface area (Å²) in [7, 11) is 1.79. The number of halogens is 3. The largest absolute Gasteiger partial charge is 0.381 e. The zero-order valence-electron chi connectivity index (χ0n) is 18.9. The second kappa shape index (κ2) is 11.0. The van der Waals surface area contributed by atoms with E-state index in [-0.39, 0.29) is 27.9 Å². The Morgan fingerprint density at radius 2 is 1.82 bits per heavy atom. The smallest absolute Gasteiger partial charge is 0.183 e. The molecule has 34 heavy (non-hydrogen) atoms. The van der Waals surface area contributed by atoms with Gasteiger partial charge in [-0.25, -0.2) is 28.1 Å². The monoisotopic (exact) mass is 473 g/mol. The van der Waals surface area contributed by atoms with Crippen molar-refractivity contribution in [1.29, 1.82) is 0 Å². The lowest BCUT2D eigenvalue weighted by Crippen LogP contribution is -2.39. The maximum atomic E-state index is 13.3. The van der Waals surface area contributed by atoms with E-state index in [0.29, 0.717) is 11.7 Å². The van der Waals surface area contributed by atoms with E-state index in [2.05, 4.69) is 20.1 Å². The van der Waals surface area contributed by atoms with Crippen LogP contribution in [-0.2, 0) is 7.05 Å². The first-order valence-electron chi connectivity index (χ1n) is 10.8. The predicted molar refractivity (Wildman–Crippen MR) is 120 cm³/mol. The molecule has 180 valence electrons. The molecule has 1 aromatic carbocycles.